The summed E-state index contributed by atoms with van der Waals surface area (Å²) in [6.45, 7) is 7.59. The molecule has 2 rings (SSSR count). The minimum Gasteiger partial charge on any atom is -0.462 e. The van der Waals surface area contributed by atoms with Crippen molar-refractivity contribution in [2.45, 2.75) is 71.4 Å². The molecule has 2 aliphatic carbocycles. The van der Waals surface area contributed by atoms with E-state index in [4.69, 9.17) is 4.74 Å². The third-order valence-corrected chi connectivity index (χ3v) is 3.98. The van der Waals surface area contributed by atoms with Gasteiger partial charge < -0.3 is 10.1 Å². The summed E-state index contributed by atoms with van der Waals surface area (Å²) in [4.78, 5) is 11.8. The van der Waals surface area contributed by atoms with Crippen LogP contribution in [-0.2, 0) is 9.53 Å². The Kier molecular flexibility index (Phi) is 4.31. The van der Waals surface area contributed by atoms with Crippen molar-refractivity contribution in [3.05, 3.63) is 0 Å². The highest BCUT2D eigenvalue weighted by Gasteiger charge is 2.33. The zero-order valence-corrected chi connectivity index (χ0v) is 12.0. The summed E-state index contributed by atoms with van der Waals surface area (Å²) in [6, 6.07) is 0.673. The number of nitrogens with one attached hydrogen (secondary N) is 1. The third kappa shape index (κ3) is 4.60. The van der Waals surface area contributed by atoms with E-state index in [1.165, 1.54) is 19.3 Å². The van der Waals surface area contributed by atoms with Crippen LogP contribution in [0.4, 0.5) is 0 Å². The zero-order chi connectivity index (χ0) is 13.2. The van der Waals surface area contributed by atoms with Crippen LogP contribution in [0.3, 0.4) is 0 Å². The van der Waals surface area contributed by atoms with Crippen LogP contribution in [0.5, 0.6) is 0 Å². The van der Waals surface area contributed by atoms with E-state index in [-0.39, 0.29) is 12.1 Å². The fourth-order valence-corrected chi connectivity index (χ4v) is 3.26. The van der Waals surface area contributed by atoms with Crippen LogP contribution in [0.15, 0.2) is 0 Å². The predicted molar refractivity (Wildman–Crippen MR) is 72.3 cm³/mol. The van der Waals surface area contributed by atoms with Crippen molar-refractivity contribution < 1.29 is 9.53 Å². The van der Waals surface area contributed by atoms with Crippen molar-refractivity contribution in [2.75, 3.05) is 6.54 Å². The molecule has 0 heterocycles. The molecule has 3 heteroatoms. The molecular formula is C15H27NO2. The van der Waals surface area contributed by atoms with Crippen molar-refractivity contribution in [3.63, 3.8) is 0 Å². The van der Waals surface area contributed by atoms with Crippen LogP contribution in [0.25, 0.3) is 0 Å². The smallest absolute Gasteiger partial charge is 0.307 e. The third-order valence-electron chi connectivity index (χ3n) is 3.98. The summed E-state index contributed by atoms with van der Waals surface area (Å²) in [5.41, 5.74) is 0.314. The molecule has 2 unspecified atom stereocenters. The molecule has 2 aliphatic rings. The standard InChI is InChI=1S/C15H27NO2/c1-11-8-13(10-15(2,3)9-11)18-14(17)6-7-16-12-4-5-12/h11-13,16H,4-10H2,1-3H3. The minimum absolute atomic E-state index is 0.0296. The average Bonchev–Trinajstić information content (AvgIpc) is 2.97. The van der Waals surface area contributed by atoms with Crippen LogP contribution >= 0.6 is 0 Å². The first-order valence-electron chi connectivity index (χ1n) is 7.37. The van der Waals surface area contributed by atoms with E-state index in [1.807, 2.05) is 0 Å². The molecule has 0 saturated heterocycles. The highest BCUT2D eigenvalue weighted by Crippen LogP contribution is 2.39. The van der Waals surface area contributed by atoms with Gasteiger partial charge in [-0.1, -0.05) is 20.8 Å². The molecule has 0 aliphatic heterocycles. The van der Waals surface area contributed by atoms with E-state index in [0.29, 0.717) is 23.8 Å². The van der Waals surface area contributed by atoms with E-state index in [0.717, 1.165) is 19.4 Å². The summed E-state index contributed by atoms with van der Waals surface area (Å²) >= 11 is 0. The summed E-state index contributed by atoms with van der Waals surface area (Å²) in [6.07, 6.45) is 6.47. The van der Waals surface area contributed by atoms with Crippen molar-refractivity contribution in [1.29, 1.82) is 0 Å². The van der Waals surface area contributed by atoms with Gasteiger partial charge in [0.05, 0.1) is 6.42 Å². The van der Waals surface area contributed by atoms with Gasteiger partial charge in [-0.25, -0.2) is 0 Å². The summed E-state index contributed by atoms with van der Waals surface area (Å²) in [5.74, 6) is 0.634. The second-order valence-electron chi connectivity index (χ2n) is 7.00. The number of carbonyl (C=O) groups excluding carboxylic acids is 1. The van der Waals surface area contributed by atoms with Gasteiger partial charge in [-0.3, -0.25) is 4.79 Å². The molecule has 2 saturated carbocycles. The summed E-state index contributed by atoms with van der Waals surface area (Å²) in [5, 5.41) is 3.35. The fourth-order valence-electron chi connectivity index (χ4n) is 3.26. The van der Waals surface area contributed by atoms with Crippen LogP contribution in [0.2, 0.25) is 0 Å². The average molecular weight is 253 g/mol. The maximum Gasteiger partial charge on any atom is 0.307 e. The Morgan fingerprint density at radius 1 is 1.33 bits per heavy atom. The zero-order valence-electron chi connectivity index (χ0n) is 12.0. The number of carbonyl (C=O) groups is 1. The molecule has 0 spiro atoms. The Bertz CT molecular complexity index is 297. The molecule has 0 amide bonds. The van der Waals surface area contributed by atoms with Crippen molar-refractivity contribution in [1.82, 2.24) is 5.32 Å². The maximum absolute atomic E-state index is 11.8. The Balaban J connectivity index is 1.68. The molecule has 0 aromatic heterocycles. The highest BCUT2D eigenvalue weighted by molar-refractivity contribution is 5.69. The lowest BCUT2D eigenvalue weighted by atomic mass is 9.71. The van der Waals surface area contributed by atoms with E-state index >= 15 is 0 Å². The topological polar surface area (TPSA) is 38.3 Å². The first kappa shape index (κ1) is 13.9. The monoisotopic (exact) mass is 253 g/mol. The largest absolute Gasteiger partial charge is 0.462 e. The van der Waals surface area contributed by atoms with Crippen molar-refractivity contribution in [2.24, 2.45) is 11.3 Å². The van der Waals surface area contributed by atoms with E-state index in [1.54, 1.807) is 0 Å². The van der Waals surface area contributed by atoms with Gasteiger partial charge in [0.25, 0.3) is 0 Å². The van der Waals surface area contributed by atoms with Gasteiger partial charge in [0.1, 0.15) is 6.10 Å². The molecule has 0 aromatic rings. The predicted octanol–water partition coefficient (Wildman–Crippen LogP) is 2.89. The van der Waals surface area contributed by atoms with Crippen LogP contribution in [-0.4, -0.2) is 24.7 Å². The lowest BCUT2D eigenvalue weighted by Crippen LogP contribution is -2.34. The van der Waals surface area contributed by atoms with Gasteiger partial charge in [-0.05, 0) is 43.4 Å². The Hall–Kier alpha value is -0.570. The maximum atomic E-state index is 11.8. The molecule has 0 radical (unpaired) electrons. The second-order valence-corrected chi connectivity index (χ2v) is 7.00. The second kappa shape index (κ2) is 5.60. The molecule has 1 N–H and O–H groups in total. The fraction of sp³-hybridized carbons (Fsp3) is 0.933. The lowest BCUT2D eigenvalue weighted by Gasteiger charge is -2.38. The van der Waals surface area contributed by atoms with Gasteiger partial charge >= 0.3 is 5.97 Å². The molecule has 18 heavy (non-hydrogen) atoms. The van der Waals surface area contributed by atoms with E-state index < -0.39 is 0 Å². The number of hydrogen-bond donors (Lipinski definition) is 1. The number of esters is 1. The quantitative estimate of drug-likeness (QED) is 0.766. The number of hydrogen-bond acceptors (Lipinski definition) is 3. The summed E-state index contributed by atoms with van der Waals surface area (Å²) in [7, 11) is 0. The van der Waals surface area contributed by atoms with E-state index in [9.17, 15) is 4.79 Å². The van der Waals surface area contributed by atoms with E-state index in [2.05, 4.69) is 26.1 Å². The molecule has 2 fully saturated rings. The Morgan fingerprint density at radius 2 is 2.06 bits per heavy atom. The van der Waals surface area contributed by atoms with Gasteiger partial charge in [-0.2, -0.15) is 0 Å². The van der Waals surface area contributed by atoms with Crippen LogP contribution < -0.4 is 5.32 Å². The molecule has 104 valence electrons. The summed E-state index contributed by atoms with van der Waals surface area (Å²) < 4.78 is 5.62. The molecule has 0 bridgehead atoms. The van der Waals surface area contributed by atoms with Crippen molar-refractivity contribution in [3.8, 4) is 0 Å². The first-order chi connectivity index (χ1) is 8.44. The molecule has 3 nitrogen and oxygen atoms in total. The molecule has 0 aromatic carbocycles. The Labute approximate surface area is 111 Å². The number of ether oxygens (including phenoxy) is 1. The van der Waals surface area contributed by atoms with Gasteiger partial charge in [0.2, 0.25) is 0 Å². The molecular weight excluding hydrogens is 226 g/mol. The van der Waals surface area contributed by atoms with Gasteiger partial charge in [0.15, 0.2) is 0 Å². The SMILES string of the molecule is CC1CC(OC(=O)CCNC2CC2)CC(C)(C)C1. The van der Waals surface area contributed by atoms with Gasteiger partial charge in [-0.15, -0.1) is 0 Å². The van der Waals surface area contributed by atoms with Crippen LogP contribution in [0.1, 0.15) is 59.3 Å². The Morgan fingerprint density at radius 3 is 2.67 bits per heavy atom. The van der Waals surface area contributed by atoms with Crippen molar-refractivity contribution >= 4 is 5.97 Å². The van der Waals surface area contributed by atoms with Crippen LogP contribution in [0, 0.1) is 11.3 Å². The first-order valence-corrected chi connectivity index (χ1v) is 7.37. The highest BCUT2D eigenvalue weighted by atomic mass is 16.5. The minimum atomic E-state index is -0.0296. The molecule has 2 atom stereocenters. The lowest BCUT2D eigenvalue weighted by molar-refractivity contribution is -0.153. The number of rotatable bonds is 5. The normalized spacial score (nSPS) is 31.1. The van der Waals surface area contributed by atoms with Gasteiger partial charge in [0, 0.05) is 12.6 Å².